The Labute approximate surface area is 107 Å². The second-order valence-electron chi connectivity index (χ2n) is 6.20. The highest BCUT2D eigenvalue weighted by atomic mass is 16.9. The molecular weight excluding hydrogens is 232 g/mol. The van der Waals surface area contributed by atoms with Crippen molar-refractivity contribution in [2.75, 3.05) is 6.61 Å². The summed E-state index contributed by atoms with van der Waals surface area (Å²) in [6, 6.07) is 0. The van der Waals surface area contributed by atoms with E-state index in [1.165, 1.54) is 32.1 Å². The maximum absolute atomic E-state index is 12.2. The predicted molar refractivity (Wildman–Crippen MR) is 62.8 cm³/mol. The maximum atomic E-state index is 12.2. The minimum atomic E-state index is -0.718. The topological polar surface area (TPSA) is 51.4 Å². The molecule has 2 aliphatic heterocycles. The molecule has 0 bridgehead atoms. The number of rotatable bonds is 3. The predicted octanol–water partition coefficient (Wildman–Crippen LogP) is 2.16. The molecule has 100 valence electrons. The van der Waals surface area contributed by atoms with Crippen LogP contribution in [0.25, 0.3) is 0 Å². The van der Waals surface area contributed by atoms with Gasteiger partial charge in [-0.3, -0.25) is 0 Å². The first kappa shape index (κ1) is 11.2. The first-order chi connectivity index (χ1) is 8.77. The Morgan fingerprint density at radius 3 is 2.83 bits per heavy atom. The van der Waals surface area contributed by atoms with Gasteiger partial charge < -0.3 is 14.2 Å². The molecule has 0 amide bonds. The number of esters is 1. The quantitative estimate of drug-likeness (QED) is 0.570. The summed E-state index contributed by atoms with van der Waals surface area (Å²) in [7, 11) is 0. The molecule has 4 nitrogen and oxygen atoms in total. The number of carbonyl (C=O) groups is 1. The molecule has 4 fully saturated rings. The van der Waals surface area contributed by atoms with Gasteiger partial charge in [0.1, 0.15) is 6.10 Å². The summed E-state index contributed by atoms with van der Waals surface area (Å²) in [4.78, 5) is 12.2. The third-order valence-electron chi connectivity index (χ3n) is 5.03. The van der Waals surface area contributed by atoms with E-state index in [1.54, 1.807) is 0 Å². The van der Waals surface area contributed by atoms with Crippen LogP contribution in [-0.4, -0.2) is 30.1 Å². The van der Waals surface area contributed by atoms with Crippen LogP contribution in [-0.2, 0) is 19.0 Å². The van der Waals surface area contributed by atoms with Crippen molar-refractivity contribution in [2.24, 2.45) is 5.92 Å². The molecule has 3 atom stereocenters. The van der Waals surface area contributed by atoms with Crippen LogP contribution in [0.3, 0.4) is 0 Å². The first-order valence-electron chi connectivity index (χ1n) is 7.32. The number of hydrogen-bond donors (Lipinski definition) is 0. The van der Waals surface area contributed by atoms with Crippen LogP contribution in [0.4, 0.5) is 0 Å². The lowest BCUT2D eigenvalue weighted by atomic mass is 9.88. The summed E-state index contributed by atoms with van der Waals surface area (Å²) in [5, 5.41) is 0. The van der Waals surface area contributed by atoms with Crippen molar-refractivity contribution < 1.29 is 19.0 Å². The van der Waals surface area contributed by atoms with Gasteiger partial charge in [-0.05, 0) is 38.0 Å². The summed E-state index contributed by atoms with van der Waals surface area (Å²) in [6.07, 6.45) is 9.24. The normalized spacial score (nSPS) is 45.9. The fraction of sp³-hybridized carbons (Fsp3) is 0.929. The number of carbonyl (C=O) groups excluding carboxylic acids is 1. The van der Waals surface area contributed by atoms with E-state index in [2.05, 4.69) is 0 Å². The standard InChI is InChI=1S/C14H20O4/c15-12(16-9-10-5-2-1-3-6-10)13-8-4-7-11-14(13,17-11)18-13/h10-11H,1-9H2. The van der Waals surface area contributed by atoms with E-state index in [9.17, 15) is 4.79 Å². The van der Waals surface area contributed by atoms with Crippen LogP contribution < -0.4 is 0 Å². The molecule has 3 unspecified atom stereocenters. The van der Waals surface area contributed by atoms with E-state index >= 15 is 0 Å². The van der Waals surface area contributed by atoms with E-state index in [1.807, 2.05) is 0 Å². The number of epoxide rings is 2. The lowest BCUT2D eigenvalue weighted by molar-refractivity contribution is -0.152. The average molecular weight is 252 g/mol. The van der Waals surface area contributed by atoms with Crippen LogP contribution in [0.2, 0.25) is 0 Å². The van der Waals surface area contributed by atoms with Crippen LogP contribution in [0.15, 0.2) is 0 Å². The van der Waals surface area contributed by atoms with Crippen LogP contribution in [0.5, 0.6) is 0 Å². The molecule has 0 radical (unpaired) electrons. The van der Waals surface area contributed by atoms with Gasteiger partial charge in [0.05, 0.1) is 6.61 Å². The zero-order chi connectivity index (χ0) is 12.2. The van der Waals surface area contributed by atoms with Crippen LogP contribution in [0.1, 0.15) is 51.4 Å². The molecule has 0 aromatic heterocycles. The van der Waals surface area contributed by atoms with E-state index in [-0.39, 0.29) is 12.1 Å². The molecule has 2 saturated heterocycles. The maximum Gasteiger partial charge on any atom is 0.344 e. The fourth-order valence-electron chi connectivity index (χ4n) is 3.82. The highest BCUT2D eigenvalue weighted by Crippen LogP contribution is 2.69. The molecule has 0 aromatic rings. The first-order valence-corrected chi connectivity index (χ1v) is 7.32. The largest absolute Gasteiger partial charge is 0.463 e. The van der Waals surface area contributed by atoms with Crippen molar-refractivity contribution >= 4 is 5.97 Å². The molecular formula is C14H20O4. The van der Waals surface area contributed by atoms with Crippen molar-refractivity contribution in [3.8, 4) is 0 Å². The lowest BCUT2D eigenvalue weighted by Gasteiger charge is -2.22. The van der Waals surface area contributed by atoms with Crippen molar-refractivity contribution in [3.05, 3.63) is 0 Å². The summed E-state index contributed by atoms with van der Waals surface area (Å²) in [5.74, 6) is -0.155. The molecule has 2 aliphatic carbocycles. The molecule has 0 N–H and O–H groups in total. The van der Waals surface area contributed by atoms with Gasteiger partial charge in [-0.2, -0.15) is 0 Å². The summed E-state index contributed by atoms with van der Waals surface area (Å²) in [5.41, 5.74) is -0.718. The van der Waals surface area contributed by atoms with Crippen LogP contribution >= 0.6 is 0 Å². The van der Waals surface area contributed by atoms with Gasteiger partial charge >= 0.3 is 5.97 Å². The van der Waals surface area contributed by atoms with E-state index in [0.717, 1.165) is 19.3 Å². The van der Waals surface area contributed by atoms with Gasteiger partial charge in [-0.15, -0.1) is 0 Å². The van der Waals surface area contributed by atoms with E-state index in [4.69, 9.17) is 14.2 Å². The fourth-order valence-corrected chi connectivity index (χ4v) is 3.82. The van der Waals surface area contributed by atoms with Crippen molar-refractivity contribution in [2.45, 2.75) is 68.9 Å². The molecule has 4 heteroatoms. The Morgan fingerprint density at radius 2 is 2.00 bits per heavy atom. The SMILES string of the molecule is O=C(OCC1CCCCC1)C12CCCC3OC31O2. The van der Waals surface area contributed by atoms with E-state index < -0.39 is 11.4 Å². The minimum Gasteiger partial charge on any atom is -0.463 e. The molecule has 4 aliphatic rings. The van der Waals surface area contributed by atoms with Crippen LogP contribution in [0, 0.1) is 5.92 Å². The van der Waals surface area contributed by atoms with Crippen molar-refractivity contribution in [3.63, 3.8) is 0 Å². The van der Waals surface area contributed by atoms with E-state index in [0.29, 0.717) is 12.5 Å². The monoisotopic (exact) mass is 252 g/mol. The Morgan fingerprint density at radius 1 is 1.17 bits per heavy atom. The van der Waals surface area contributed by atoms with Crippen molar-refractivity contribution in [1.82, 2.24) is 0 Å². The molecule has 4 rings (SSSR count). The molecule has 18 heavy (non-hydrogen) atoms. The average Bonchev–Trinajstić information content (AvgIpc) is 3.26. The third-order valence-corrected chi connectivity index (χ3v) is 5.03. The van der Waals surface area contributed by atoms with Gasteiger partial charge in [0.2, 0.25) is 11.4 Å². The summed E-state index contributed by atoms with van der Waals surface area (Å²) < 4.78 is 16.7. The van der Waals surface area contributed by atoms with Gasteiger partial charge in [0.25, 0.3) is 0 Å². The molecule has 0 aromatic carbocycles. The summed E-state index contributed by atoms with van der Waals surface area (Å²) >= 11 is 0. The molecule has 1 spiro atoms. The zero-order valence-electron chi connectivity index (χ0n) is 10.7. The third kappa shape index (κ3) is 1.42. The zero-order valence-corrected chi connectivity index (χ0v) is 10.7. The van der Waals surface area contributed by atoms with Gasteiger partial charge in [-0.1, -0.05) is 19.3 Å². The highest BCUT2D eigenvalue weighted by molar-refractivity contribution is 5.86. The second-order valence-corrected chi connectivity index (χ2v) is 6.20. The Balaban J connectivity index is 1.34. The van der Waals surface area contributed by atoms with Gasteiger partial charge in [-0.25, -0.2) is 4.79 Å². The van der Waals surface area contributed by atoms with Crippen molar-refractivity contribution in [1.29, 1.82) is 0 Å². The molecule has 2 heterocycles. The Bertz CT molecular complexity index is 372. The number of hydrogen-bond acceptors (Lipinski definition) is 4. The smallest absolute Gasteiger partial charge is 0.344 e. The number of ether oxygens (including phenoxy) is 3. The highest BCUT2D eigenvalue weighted by Gasteiger charge is 2.90. The minimum absolute atomic E-state index is 0.161. The van der Waals surface area contributed by atoms with Gasteiger partial charge in [0, 0.05) is 0 Å². The molecule has 2 saturated carbocycles. The lowest BCUT2D eigenvalue weighted by Crippen LogP contribution is -2.35. The summed E-state index contributed by atoms with van der Waals surface area (Å²) in [6.45, 7) is 0.574. The Kier molecular flexibility index (Phi) is 2.31. The van der Waals surface area contributed by atoms with Gasteiger partial charge in [0.15, 0.2) is 0 Å². The second kappa shape index (κ2) is 3.70. The Hall–Kier alpha value is -0.610.